The Hall–Kier alpha value is -2.11. The van der Waals surface area contributed by atoms with Gasteiger partial charge in [0.05, 0.1) is 30.9 Å². The molecule has 3 heterocycles. The highest BCUT2D eigenvalue weighted by Gasteiger charge is 2.43. The van der Waals surface area contributed by atoms with Crippen LogP contribution in [0.2, 0.25) is 0 Å². The molecule has 4 rings (SSSR count). The number of rotatable bonds is 6. The molecular formula is C20H24IN5O3. The number of alkyl halides is 1. The van der Waals surface area contributed by atoms with Gasteiger partial charge in [-0.1, -0.05) is 34.7 Å². The maximum Gasteiger partial charge on any atom is 0.213 e. The van der Waals surface area contributed by atoms with Gasteiger partial charge < -0.3 is 19.1 Å². The molecule has 3 unspecified atom stereocenters. The molecule has 1 saturated heterocycles. The van der Waals surface area contributed by atoms with Gasteiger partial charge in [-0.25, -0.2) is 20.8 Å². The van der Waals surface area contributed by atoms with E-state index in [0.717, 1.165) is 35.1 Å². The number of nitrogens with one attached hydrogen (secondary N) is 2. The first-order valence-corrected chi connectivity index (χ1v) is 10.7. The van der Waals surface area contributed by atoms with Crippen molar-refractivity contribution in [2.75, 3.05) is 25.7 Å². The van der Waals surface area contributed by atoms with E-state index in [1.165, 1.54) is 0 Å². The molecule has 0 spiro atoms. The second-order valence-corrected chi connectivity index (χ2v) is 8.14. The lowest BCUT2D eigenvalue weighted by atomic mass is 10.1. The second-order valence-electron chi connectivity index (χ2n) is 6.63. The Morgan fingerprint density at radius 2 is 1.83 bits per heavy atom. The Bertz CT molecular complexity index is 887. The summed E-state index contributed by atoms with van der Waals surface area (Å²) in [4.78, 5) is 11.8. The van der Waals surface area contributed by atoms with Crippen LogP contribution in [0.25, 0.3) is 0 Å². The van der Waals surface area contributed by atoms with E-state index in [1.807, 2.05) is 43.3 Å². The summed E-state index contributed by atoms with van der Waals surface area (Å²) < 4.78 is 17.3. The smallest absolute Gasteiger partial charge is 0.213 e. The number of pyridine rings is 1. The van der Waals surface area contributed by atoms with Gasteiger partial charge in [-0.2, -0.15) is 0 Å². The molecule has 1 aromatic heterocycles. The van der Waals surface area contributed by atoms with Gasteiger partial charge in [0.15, 0.2) is 5.84 Å². The van der Waals surface area contributed by atoms with E-state index >= 15 is 0 Å². The summed E-state index contributed by atoms with van der Waals surface area (Å²) in [5.41, 5.74) is 8.19. The molecule has 0 radical (unpaired) electrons. The van der Waals surface area contributed by atoms with Gasteiger partial charge in [0.1, 0.15) is 29.0 Å². The van der Waals surface area contributed by atoms with E-state index in [-0.39, 0.29) is 16.3 Å². The Morgan fingerprint density at radius 1 is 1.10 bits per heavy atom. The standard InChI is InChI=1S/C20H24IN5O3/c1-4-29-17-10-5-7-12(22-17)20-23-19-13(11-16(21)24-25-19)26(20)18-14(27-2)8-6-9-15(18)28-3/h5-10,13,16,19,24-25H,4,11H2,1-3H3. The zero-order valence-electron chi connectivity index (χ0n) is 16.6. The van der Waals surface area contributed by atoms with Crippen molar-refractivity contribution in [3.05, 3.63) is 42.1 Å². The number of methoxy groups -OCH3 is 2. The van der Waals surface area contributed by atoms with E-state index < -0.39 is 0 Å². The highest BCUT2D eigenvalue weighted by molar-refractivity contribution is 14.1. The molecule has 2 aliphatic heterocycles. The van der Waals surface area contributed by atoms with E-state index in [9.17, 15) is 0 Å². The molecule has 2 N–H and O–H groups in total. The van der Waals surface area contributed by atoms with E-state index in [4.69, 9.17) is 19.2 Å². The number of hydrogen-bond acceptors (Lipinski definition) is 8. The first-order chi connectivity index (χ1) is 14.2. The van der Waals surface area contributed by atoms with Crippen LogP contribution in [0.4, 0.5) is 5.69 Å². The van der Waals surface area contributed by atoms with Crippen molar-refractivity contribution >= 4 is 34.1 Å². The third-order valence-electron chi connectivity index (χ3n) is 4.91. The van der Waals surface area contributed by atoms with Crippen LogP contribution in [0.15, 0.2) is 41.4 Å². The third-order valence-corrected chi connectivity index (χ3v) is 5.73. The van der Waals surface area contributed by atoms with Gasteiger partial charge in [-0.3, -0.25) is 0 Å². The van der Waals surface area contributed by atoms with Crippen molar-refractivity contribution < 1.29 is 14.2 Å². The summed E-state index contributed by atoms with van der Waals surface area (Å²) in [5, 5.41) is 0. The van der Waals surface area contributed by atoms with Crippen LogP contribution in [0, 0.1) is 0 Å². The number of amidine groups is 1. The van der Waals surface area contributed by atoms with Crippen molar-refractivity contribution in [2.24, 2.45) is 4.99 Å². The monoisotopic (exact) mass is 509 g/mol. The van der Waals surface area contributed by atoms with Crippen molar-refractivity contribution in [3.63, 3.8) is 0 Å². The van der Waals surface area contributed by atoms with Crippen LogP contribution in [0.1, 0.15) is 19.0 Å². The number of hydrogen-bond donors (Lipinski definition) is 2. The fraction of sp³-hybridized carbons (Fsp3) is 0.400. The van der Waals surface area contributed by atoms with Crippen LogP contribution in [-0.4, -0.2) is 47.9 Å². The van der Waals surface area contributed by atoms with Crippen LogP contribution in [-0.2, 0) is 0 Å². The summed E-state index contributed by atoms with van der Waals surface area (Å²) >= 11 is 2.39. The van der Waals surface area contributed by atoms with Crippen molar-refractivity contribution in [1.29, 1.82) is 0 Å². The number of aromatic nitrogens is 1. The van der Waals surface area contributed by atoms with Crippen LogP contribution in [0.3, 0.4) is 0 Å². The molecule has 0 aliphatic carbocycles. The van der Waals surface area contributed by atoms with Crippen LogP contribution < -0.4 is 30.0 Å². The normalized spacial score (nSPS) is 23.4. The number of fused-ring (bicyclic) bond motifs is 1. The molecule has 3 atom stereocenters. The topological polar surface area (TPSA) is 80.2 Å². The average molecular weight is 509 g/mol. The molecule has 29 heavy (non-hydrogen) atoms. The number of nitrogens with zero attached hydrogens (tertiary/aromatic N) is 3. The number of aliphatic imine (C=N–C) groups is 1. The van der Waals surface area contributed by atoms with Crippen molar-refractivity contribution in [1.82, 2.24) is 15.8 Å². The number of halogens is 1. The van der Waals surface area contributed by atoms with Gasteiger partial charge in [0.2, 0.25) is 5.88 Å². The Kier molecular flexibility index (Phi) is 6.07. The number of ether oxygens (including phenoxy) is 3. The minimum absolute atomic E-state index is 0.0795. The lowest BCUT2D eigenvalue weighted by Crippen LogP contribution is -2.58. The number of hydrazine groups is 1. The fourth-order valence-electron chi connectivity index (χ4n) is 3.69. The maximum atomic E-state index is 5.69. The van der Waals surface area contributed by atoms with E-state index in [1.54, 1.807) is 14.2 Å². The fourth-order valence-corrected chi connectivity index (χ4v) is 4.39. The Balaban J connectivity index is 1.85. The van der Waals surface area contributed by atoms with Crippen molar-refractivity contribution in [3.8, 4) is 17.4 Å². The molecule has 1 fully saturated rings. The molecule has 8 nitrogen and oxygen atoms in total. The minimum Gasteiger partial charge on any atom is -0.494 e. The summed E-state index contributed by atoms with van der Waals surface area (Å²) in [5.74, 6) is 2.78. The SMILES string of the molecule is CCOc1cccc(C2=NC3NNC(I)CC3N2c2c(OC)cccc2OC)n1. The van der Waals surface area contributed by atoms with Crippen LogP contribution >= 0.6 is 22.6 Å². The van der Waals surface area contributed by atoms with E-state index in [0.29, 0.717) is 12.5 Å². The Labute approximate surface area is 183 Å². The summed E-state index contributed by atoms with van der Waals surface area (Å²) in [6.45, 7) is 2.50. The maximum absolute atomic E-state index is 5.69. The zero-order valence-corrected chi connectivity index (χ0v) is 18.7. The summed E-state index contributed by atoms with van der Waals surface area (Å²) in [6.07, 6.45) is 0.764. The first kappa shape index (κ1) is 20.2. The third kappa shape index (κ3) is 3.86. The lowest BCUT2D eigenvalue weighted by Gasteiger charge is -2.37. The molecule has 0 bridgehead atoms. The van der Waals surface area contributed by atoms with Crippen molar-refractivity contribution in [2.45, 2.75) is 29.6 Å². The summed E-state index contributed by atoms with van der Waals surface area (Å²) in [7, 11) is 3.33. The van der Waals surface area contributed by atoms with Gasteiger partial charge in [0, 0.05) is 6.07 Å². The van der Waals surface area contributed by atoms with Crippen LogP contribution in [0.5, 0.6) is 17.4 Å². The predicted octanol–water partition coefficient (Wildman–Crippen LogP) is 2.72. The van der Waals surface area contributed by atoms with Gasteiger partial charge in [-0.15, -0.1) is 0 Å². The Morgan fingerprint density at radius 3 is 2.52 bits per heavy atom. The van der Waals surface area contributed by atoms with Gasteiger partial charge >= 0.3 is 0 Å². The number of para-hydroxylation sites is 1. The van der Waals surface area contributed by atoms with Gasteiger partial charge in [-0.05, 0) is 31.5 Å². The largest absolute Gasteiger partial charge is 0.494 e. The highest BCUT2D eigenvalue weighted by Crippen LogP contribution is 2.43. The second kappa shape index (κ2) is 8.72. The average Bonchev–Trinajstić information content (AvgIpc) is 3.11. The molecule has 2 aliphatic rings. The molecule has 0 saturated carbocycles. The van der Waals surface area contributed by atoms with Gasteiger partial charge in [0.25, 0.3) is 0 Å². The molecule has 2 aromatic rings. The molecule has 1 aromatic carbocycles. The quantitative estimate of drug-likeness (QED) is 0.352. The number of anilines is 1. The summed E-state index contributed by atoms with van der Waals surface area (Å²) in [6, 6.07) is 11.6. The lowest BCUT2D eigenvalue weighted by molar-refractivity contribution is 0.314. The minimum atomic E-state index is -0.122. The highest BCUT2D eigenvalue weighted by atomic mass is 127. The van der Waals surface area contributed by atoms with E-state index in [2.05, 4.69) is 43.3 Å². The first-order valence-electron chi connectivity index (χ1n) is 9.49. The predicted molar refractivity (Wildman–Crippen MR) is 120 cm³/mol. The molecule has 0 amide bonds. The molecular weight excluding hydrogens is 485 g/mol. The zero-order chi connectivity index (χ0) is 20.4. The molecule has 154 valence electrons. The molecule has 9 heteroatoms. The number of benzene rings is 1.